The van der Waals surface area contributed by atoms with Gasteiger partial charge in [0.05, 0.1) is 7.11 Å². The lowest BCUT2D eigenvalue weighted by atomic mass is 10.7. The third-order valence-electron chi connectivity index (χ3n) is 0.417. The van der Waals surface area contributed by atoms with E-state index in [0.29, 0.717) is 0 Å². The molecule has 0 aliphatic carbocycles. The molecule has 0 saturated heterocycles. The molecule has 0 fully saturated rings. The summed E-state index contributed by atoms with van der Waals surface area (Å²) in [5, 5.41) is 0. The Morgan fingerprint density at radius 2 is 1.50 bits per heavy atom. The number of hydrogen-bond acceptors (Lipinski definition) is 2. The van der Waals surface area contributed by atoms with Crippen molar-refractivity contribution in [2.45, 2.75) is 13.8 Å². The monoisotopic (exact) mass is 132 g/mol. The molecule has 0 aromatic carbocycles. The van der Waals surface area contributed by atoms with Crippen LogP contribution in [0.25, 0.3) is 0 Å². The van der Waals surface area contributed by atoms with Crippen molar-refractivity contribution >= 4 is 12.0 Å². The van der Waals surface area contributed by atoms with Crippen molar-refractivity contribution in [3.8, 4) is 11.8 Å². The molecule has 0 atom stereocenters. The van der Waals surface area contributed by atoms with E-state index in [1.807, 2.05) is 20.1 Å². The summed E-state index contributed by atoms with van der Waals surface area (Å²) in [6, 6.07) is 0. The average Bonchev–Trinajstić information content (AvgIpc) is 1.88. The fraction of sp³-hybridized carbons (Fsp3) is 0.667. The third-order valence-corrected chi connectivity index (χ3v) is 0.750. The van der Waals surface area contributed by atoms with Crippen molar-refractivity contribution in [3.05, 3.63) is 0 Å². The summed E-state index contributed by atoms with van der Waals surface area (Å²) in [6.07, 6.45) is 1.88. The lowest BCUT2D eigenvalue weighted by Crippen LogP contribution is -1.53. The van der Waals surface area contributed by atoms with Crippen molar-refractivity contribution in [2.75, 3.05) is 13.4 Å². The van der Waals surface area contributed by atoms with Crippen LogP contribution in [-0.4, -0.2) is 13.4 Å². The van der Waals surface area contributed by atoms with E-state index in [1.54, 1.807) is 7.11 Å². The van der Waals surface area contributed by atoms with Crippen molar-refractivity contribution in [3.63, 3.8) is 0 Å². The van der Waals surface area contributed by atoms with Crippen LogP contribution >= 0.6 is 12.0 Å². The third kappa shape index (κ3) is 39.8. The second-order valence-electron chi connectivity index (χ2n) is 0.833. The van der Waals surface area contributed by atoms with Crippen molar-refractivity contribution in [1.82, 2.24) is 0 Å². The molecule has 0 N–H and O–H groups in total. The quantitative estimate of drug-likeness (QED) is 0.398. The predicted molar refractivity (Wildman–Crippen MR) is 39.6 cm³/mol. The molecule has 48 valence electrons. The summed E-state index contributed by atoms with van der Waals surface area (Å²) >= 11 is 1.36. The minimum Gasteiger partial charge on any atom is -0.319 e. The molecule has 2 heteroatoms. The minimum atomic E-state index is 1.36. The van der Waals surface area contributed by atoms with Crippen LogP contribution in [0.4, 0.5) is 0 Å². The Morgan fingerprint density at radius 1 is 1.25 bits per heavy atom. The molecule has 0 unspecified atom stereocenters. The zero-order chi connectivity index (χ0) is 6.83. The summed E-state index contributed by atoms with van der Waals surface area (Å²) < 4.78 is 4.46. The first-order chi connectivity index (χ1) is 3.83. The topological polar surface area (TPSA) is 9.23 Å². The standard InChI is InChI=1S/C4H6.C2H6OS/c2*1-3-4-2/h2*1-2H3. The van der Waals surface area contributed by atoms with Gasteiger partial charge in [0.2, 0.25) is 0 Å². The van der Waals surface area contributed by atoms with E-state index in [2.05, 4.69) is 16.0 Å². The maximum atomic E-state index is 4.46. The van der Waals surface area contributed by atoms with Gasteiger partial charge in [-0.25, -0.2) is 0 Å². The minimum absolute atomic E-state index is 1.36. The Labute approximate surface area is 56.0 Å². The highest BCUT2D eigenvalue weighted by Crippen LogP contribution is 1.84. The lowest BCUT2D eigenvalue weighted by Gasteiger charge is -1.74. The average molecular weight is 132 g/mol. The smallest absolute Gasteiger partial charge is 0.0503 e. The molecule has 0 amide bonds. The van der Waals surface area contributed by atoms with Gasteiger partial charge in [0.25, 0.3) is 0 Å². The van der Waals surface area contributed by atoms with Gasteiger partial charge in [-0.05, 0) is 25.9 Å². The Bertz CT molecular complexity index is 62.3. The van der Waals surface area contributed by atoms with Gasteiger partial charge in [0, 0.05) is 6.26 Å². The van der Waals surface area contributed by atoms with Gasteiger partial charge >= 0.3 is 0 Å². The zero-order valence-electron chi connectivity index (χ0n) is 5.82. The zero-order valence-corrected chi connectivity index (χ0v) is 6.63. The maximum absolute atomic E-state index is 4.46. The van der Waals surface area contributed by atoms with Gasteiger partial charge in [-0.15, -0.1) is 11.8 Å². The van der Waals surface area contributed by atoms with E-state index < -0.39 is 0 Å². The van der Waals surface area contributed by atoms with E-state index in [9.17, 15) is 0 Å². The van der Waals surface area contributed by atoms with Crippen molar-refractivity contribution < 1.29 is 4.18 Å². The van der Waals surface area contributed by atoms with Gasteiger partial charge in [-0.3, -0.25) is 0 Å². The maximum Gasteiger partial charge on any atom is 0.0503 e. The normalized spacial score (nSPS) is 5.50. The first kappa shape index (κ1) is 10.8. The Hall–Kier alpha value is -0.130. The molecular formula is C6H12OS. The Kier molecular flexibility index (Phi) is 21.3. The summed E-state index contributed by atoms with van der Waals surface area (Å²) in [5.74, 6) is 5.36. The molecule has 0 aliphatic rings. The van der Waals surface area contributed by atoms with Gasteiger partial charge in [0.15, 0.2) is 0 Å². The Balaban J connectivity index is 0. The molecule has 0 aromatic rings. The SMILES string of the molecule is CC#CC.COSC. The van der Waals surface area contributed by atoms with E-state index in [-0.39, 0.29) is 0 Å². The van der Waals surface area contributed by atoms with Gasteiger partial charge in [-0.1, -0.05) is 0 Å². The highest BCUT2D eigenvalue weighted by atomic mass is 32.2. The summed E-state index contributed by atoms with van der Waals surface area (Å²) in [6.45, 7) is 3.64. The fourth-order valence-corrected chi connectivity index (χ4v) is 0. The molecule has 0 saturated carbocycles. The number of rotatable bonds is 1. The second-order valence-corrected chi connectivity index (χ2v) is 1.50. The van der Waals surface area contributed by atoms with Crippen LogP contribution in [0, 0.1) is 11.8 Å². The summed E-state index contributed by atoms with van der Waals surface area (Å²) in [5.41, 5.74) is 0. The first-order valence-electron chi connectivity index (χ1n) is 2.23. The largest absolute Gasteiger partial charge is 0.319 e. The molecule has 0 heterocycles. The molecular weight excluding hydrogens is 120 g/mol. The molecule has 0 radical (unpaired) electrons. The van der Waals surface area contributed by atoms with Crippen LogP contribution in [0.15, 0.2) is 0 Å². The molecule has 0 bridgehead atoms. The Morgan fingerprint density at radius 3 is 1.50 bits per heavy atom. The molecule has 0 aromatic heterocycles. The highest BCUT2D eigenvalue weighted by Gasteiger charge is 1.52. The van der Waals surface area contributed by atoms with E-state index in [4.69, 9.17) is 0 Å². The van der Waals surface area contributed by atoms with E-state index >= 15 is 0 Å². The lowest BCUT2D eigenvalue weighted by molar-refractivity contribution is 0.493. The fourth-order valence-electron chi connectivity index (χ4n) is 0. The van der Waals surface area contributed by atoms with Crippen LogP contribution in [0.2, 0.25) is 0 Å². The van der Waals surface area contributed by atoms with Gasteiger partial charge in [-0.2, -0.15) is 0 Å². The molecule has 8 heavy (non-hydrogen) atoms. The molecule has 0 rings (SSSR count). The van der Waals surface area contributed by atoms with Crippen LogP contribution in [0.3, 0.4) is 0 Å². The van der Waals surface area contributed by atoms with Crippen molar-refractivity contribution in [1.29, 1.82) is 0 Å². The van der Waals surface area contributed by atoms with Crippen LogP contribution in [0.5, 0.6) is 0 Å². The van der Waals surface area contributed by atoms with Gasteiger partial charge < -0.3 is 4.18 Å². The molecule has 0 aliphatic heterocycles. The second kappa shape index (κ2) is 15.8. The number of hydrogen-bond donors (Lipinski definition) is 0. The highest BCUT2D eigenvalue weighted by molar-refractivity contribution is 7.93. The summed E-state index contributed by atoms with van der Waals surface area (Å²) in [7, 11) is 1.64. The van der Waals surface area contributed by atoms with E-state index in [0.717, 1.165) is 0 Å². The van der Waals surface area contributed by atoms with Crippen LogP contribution < -0.4 is 0 Å². The van der Waals surface area contributed by atoms with Crippen molar-refractivity contribution in [2.24, 2.45) is 0 Å². The molecule has 1 nitrogen and oxygen atoms in total. The summed E-state index contributed by atoms with van der Waals surface area (Å²) in [4.78, 5) is 0. The van der Waals surface area contributed by atoms with Crippen LogP contribution in [-0.2, 0) is 4.18 Å². The van der Waals surface area contributed by atoms with E-state index in [1.165, 1.54) is 12.0 Å². The van der Waals surface area contributed by atoms with Gasteiger partial charge in [0.1, 0.15) is 0 Å². The van der Waals surface area contributed by atoms with Crippen LogP contribution in [0.1, 0.15) is 13.8 Å². The first-order valence-corrected chi connectivity index (χ1v) is 3.38. The molecule has 0 spiro atoms. The predicted octanol–water partition coefficient (Wildman–Crippen LogP) is 1.94.